The number of nitrogens with one attached hydrogen (secondary N) is 1. The van der Waals surface area contributed by atoms with E-state index in [-0.39, 0.29) is 0 Å². The molecule has 0 spiro atoms. The van der Waals surface area contributed by atoms with Gasteiger partial charge in [-0.2, -0.15) is 0 Å². The zero-order chi connectivity index (χ0) is 11.4. The third kappa shape index (κ3) is 2.86. The molecule has 1 N–H and O–H groups in total. The maximum absolute atomic E-state index is 12.6. The molecule has 2 fully saturated rings. The lowest BCUT2D eigenvalue weighted by Gasteiger charge is -2.26. The first-order valence-corrected chi connectivity index (χ1v) is 8.17. The second-order valence-corrected chi connectivity index (χ2v) is 7.24. The number of hydrogen-bond acceptors (Lipinski definition) is 2. The van der Waals surface area contributed by atoms with Crippen LogP contribution >= 0.6 is 0 Å². The Morgan fingerprint density at radius 1 is 0.938 bits per heavy atom. The highest BCUT2D eigenvalue weighted by Crippen LogP contribution is 2.30. The van der Waals surface area contributed by atoms with Crippen LogP contribution in [0.2, 0.25) is 0 Å². The van der Waals surface area contributed by atoms with Gasteiger partial charge >= 0.3 is 0 Å². The fraction of sp³-hybridized carbons (Fsp3) is 1.00. The molecule has 16 heavy (non-hydrogen) atoms. The summed E-state index contributed by atoms with van der Waals surface area (Å²) in [5.41, 5.74) is 0. The van der Waals surface area contributed by atoms with E-state index in [4.69, 9.17) is 0 Å². The Balaban J connectivity index is 2.00. The average Bonchev–Trinajstić information content (AvgIpc) is 2.73. The first-order valence-electron chi connectivity index (χ1n) is 6.89. The van der Waals surface area contributed by atoms with Crippen LogP contribution in [0.1, 0.15) is 57.8 Å². The Hall–Kier alpha value is 0.110. The minimum atomic E-state index is -0.585. The van der Waals surface area contributed by atoms with E-state index in [1.165, 1.54) is 57.8 Å². The summed E-state index contributed by atoms with van der Waals surface area (Å²) in [5, 5.41) is 4.34. The van der Waals surface area contributed by atoms with Crippen LogP contribution in [-0.4, -0.2) is 27.8 Å². The molecule has 0 amide bonds. The minimum Gasteiger partial charge on any atom is -0.316 e. The first-order chi connectivity index (χ1) is 7.83. The molecule has 0 saturated heterocycles. The Morgan fingerprint density at radius 2 is 1.56 bits per heavy atom. The molecule has 0 aliphatic heterocycles. The Labute approximate surface area is 102 Å². The van der Waals surface area contributed by atoms with Gasteiger partial charge in [-0.25, -0.2) is 0 Å². The average molecular weight is 243 g/mol. The summed E-state index contributed by atoms with van der Waals surface area (Å²) >= 11 is 0. The molecule has 0 bridgehead atoms. The summed E-state index contributed by atoms with van der Waals surface area (Å²) in [6.45, 7) is 0. The van der Waals surface area contributed by atoms with Crippen molar-refractivity contribution in [2.75, 3.05) is 7.05 Å². The van der Waals surface area contributed by atoms with Gasteiger partial charge in [0.15, 0.2) is 0 Å². The molecule has 3 heteroatoms. The molecule has 94 valence electrons. The normalized spacial score (nSPS) is 34.8. The molecule has 2 nitrogen and oxygen atoms in total. The summed E-state index contributed by atoms with van der Waals surface area (Å²) in [6, 6.07) is 0.504. The molecule has 0 aromatic carbocycles. The van der Waals surface area contributed by atoms with E-state index in [0.717, 1.165) is 0 Å². The van der Waals surface area contributed by atoms with E-state index < -0.39 is 10.8 Å². The number of hydrogen-bond donors (Lipinski definition) is 1. The summed E-state index contributed by atoms with van der Waals surface area (Å²) in [5.74, 6) is 0. The van der Waals surface area contributed by atoms with E-state index in [1.807, 2.05) is 7.05 Å². The molecule has 0 aromatic heterocycles. The van der Waals surface area contributed by atoms with Crippen LogP contribution in [0.4, 0.5) is 0 Å². The summed E-state index contributed by atoms with van der Waals surface area (Å²) < 4.78 is 12.6. The van der Waals surface area contributed by atoms with E-state index in [0.29, 0.717) is 16.5 Å². The summed E-state index contributed by atoms with van der Waals surface area (Å²) in [7, 11) is 1.45. The van der Waals surface area contributed by atoms with Gasteiger partial charge in [0.05, 0.1) is 5.25 Å². The fourth-order valence-electron chi connectivity index (χ4n) is 3.25. The highest BCUT2D eigenvalue weighted by Gasteiger charge is 2.33. The third-order valence-electron chi connectivity index (χ3n) is 4.25. The van der Waals surface area contributed by atoms with Crippen LogP contribution in [0.25, 0.3) is 0 Å². The van der Waals surface area contributed by atoms with Crippen LogP contribution in [0, 0.1) is 0 Å². The van der Waals surface area contributed by atoms with Gasteiger partial charge in [0, 0.05) is 22.1 Å². The standard InChI is InChI=1S/C13H25NOS/c1-14-12-9-3-2-4-10-13(12)16(15)11-7-5-6-8-11/h11-14H,2-10H2,1H3. The highest BCUT2D eigenvalue weighted by atomic mass is 32.2. The molecule has 3 unspecified atom stereocenters. The van der Waals surface area contributed by atoms with Crippen molar-refractivity contribution in [1.82, 2.24) is 5.32 Å². The van der Waals surface area contributed by atoms with E-state index >= 15 is 0 Å². The van der Waals surface area contributed by atoms with Gasteiger partial charge in [-0.1, -0.05) is 32.1 Å². The molecular formula is C13H25NOS. The van der Waals surface area contributed by atoms with Crippen molar-refractivity contribution < 1.29 is 4.21 Å². The Kier molecular flexibility index (Phi) is 4.83. The van der Waals surface area contributed by atoms with Crippen molar-refractivity contribution in [2.24, 2.45) is 0 Å². The van der Waals surface area contributed by atoms with Crippen molar-refractivity contribution in [3.63, 3.8) is 0 Å². The van der Waals surface area contributed by atoms with E-state index in [2.05, 4.69) is 5.32 Å². The molecule has 0 heterocycles. The van der Waals surface area contributed by atoms with Crippen molar-refractivity contribution in [3.05, 3.63) is 0 Å². The molecule has 0 aromatic rings. The zero-order valence-corrected chi connectivity index (χ0v) is 11.2. The lowest BCUT2D eigenvalue weighted by atomic mass is 10.1. The van der Waals surface area contributed by atoms with Gasteiger partial charge in [0.25, 0.3) is 0 Å². The van der Waals surface area contributed by atoms with Gasteiger partial charge in [-0.15, -0.1) is 0 Å². The zero-order valence-electron chi connectivity index (χ0n) is 10.4. The fourth-order valence-corrected chi connectivity index (χ4v) is 5.54. The monoisotopic (exact) mass is 243 g/mol. The second-order valence-electron chi connectivity index (χ2n) is 5.31. The van der Waals surface area contributed by atoms with Crippen LogP contribution in [0.15, 0.2) is 0 Å². The number of rotatable bonds is 3. The van der Waals surface area contributed by atoms with Crippen molar-refractivity contribution in [1.29, 1.82) is 0 Å². The Morgan fingerprint density at radius 3 is 2.25 bits per heavy atom. The Bertz CT molecular complexity index is 238. The predicted molar refractivity (Wildman–Crippen MR) is 70.1 cm³/mol. The lowest BCUT2D eigenvalue weighted by molar-refractivity contribution is 0.497. The van der Waals surface area contributed by atoms with Gasteiger partial charge in [-0.3, -0.25) is 4.21 Å². The molecule has 2 rings (SSSR count). The molecule has 0 radical (unpaired) electrons. The van der Waals surface area contributed by atoms with Crippen LogP contribution in [0.3, 0.4) is 0 Å². The predicted octanol–water partition coefficient (Wildman–Crippen LogP) is 2.60. The van der Waals surface area contributed by atoms with E-state index in [9.17, 15) is 4.21 Å². The molecule has 3 atom stereocenters. The van der Waals surface area contributed by atoms with Crippen LogP contribution in [0.5, 0.6) is 0 Å². The van der Waals surface area contributed by atoms with Crippen LogP contribution in [-0.2, 0) is 10.8 Å². The maximum Gasteiger partial charge on any atom is 0.0503 e. The van der Waals surface area contributed by atoms with Crippen LogP contribution < -0.4 is 5.32 Å². The third-order valence-corrected chi connectivity index (χ3v) is 6.54. The molecular weight excluding hydrogens is 218 g/mol. The smallest absolute Gasteiger partial charge is 0.0503 e. The lowest BCUT2D eigenvalue weighted by Crippen LogP contribution is -2.42. The van der Waals surface area contributed by atoms with Gasteiger partial charge in [-0.05, 0) is 32.7 Å². The minimum absolute atomic E-state index is 0.426. The SMILES string of the molecule is CNC1CCCCCC1S(=O)C1CCCC1. The van der Waals surface area contributed by atoms with Crippen molar-refractivity contribution >= 4 is 10.8 Å². The highest BCUT2D eigenvalue weighted by molar-refractivity contribution is 7.86. The van der Waals surface area contributed by atoms with Gasteiger partial charge in [0.2, 0.25) is 0 Å². The maximum atomic E-state index is 12.6. The van der Waals surface area contributed by atoms with Crippen molar-refractivity contribution in [3.8, 4) is 0 Å². The summed E-state index contributed by atoms with van der Waals surface area (Å²) in [6.07, 6.45) is 11.3. The van der Waals surface area contributed by atoms with Crippen molar-refractivity contribution in [2.45, 2.75) is 74.3 Å². The van der Waals surface area contributed by atoms with Gasteiger partial charge < -0.3 is 5.32 Å². The summed E-state index contributed by atoms with van der Waals surface area (Å²) in [4.78, 5) is 0. The molecule has 2 aliphatic carbocycles. The molecule has 2 aliphatic rings. The molecule has 2 saturated carbocycles. The topological polar surface area (TPSA) is 29.1 Å². The van der Waals surface area contributed by atoms with Gasteiger partial charge in [0.1, 0.15) is 0 Å². The largest absolute Gasteiger partial charge is 0.316 e. The second kappa shape index (κ2) is 6.15. The quantitative estimate of drug-likeness (QED) is 0.772. The van der Waals surface area contributed by atoms with E-state index in [1.54, 1.807) is 0 Å². The first kappa shape index (κ1) is 12.6.